The fourth-order valence-electron chi connectivity index (χ4n) is 1.78. The smallest absolute Gasteiger partial charge is 0.387 e. The van der Waals surface area contributed by atoms with Gasteiger partial charge in [-0.25, -0.2) is 0 Å². The number of rotatable bonds is 9. The van der Waals surface area contributed by atoms with Gasteiger partial charge in [-0.2, -0.15) is 8.78 Å². The van der Waals surface area contributed by atoms with Crippen molar-refractivity contribution >= 4 is 35.6 Å². The molecule has 4 nitrogen and oxygen atoms in total. The summed E-state index contributed by atoms with van der Waals surface area (Å²) < 4.78 is 28.4. The molecule has 8 heteroatoms. The van der Waals surface area contributed by atoms with Gasteiger partial charge in [0.05, 0.1) is 5.02 Å². The van der Waals surface area contributed by atoms with E-state index in [-0.39, 0.29) is 29.1 Å². The van der Waals surface area contributed by atoms with E-state index in [4.69, 9.17) is 17.3 Å². The summed E-state index contributed by atoms with van der Waals surface area (Å²) in [6, 6.07) is 4.15. The molecule has 1 aromatic carbocycles. The summed E-state index contributed by atoms with van der Waals surface area (Å²) in [5.41, 5.74) is 5.83. The zero-order chi connectivity index (χ0) is 15.7. The van der Waals surface area contributed by atoms with Crippen molar-refractivity contribution in [3.05, 3.63) is 23.2 Å². The molecule has 0 aliphatic carbocycles. The Morgan fingerprint density at radius 1 is 1.27 bits per heavy atom. The van der Waals surface area contributed by atoms with E-state index >= 15 is 0 Å². The summed E-state index contributed by atoms with van der Waals surface area (Å²) >= 11 is 5.80. The van der Waals surface area contributed by atoms with Crippen molar-refractivity contribution < 1.29 is 18.3 Å². The van der Waals surface area contributed by atoms with E-state index in [1.165, 1.54) is 18.2 Å². The van der Waals surface area contributed by atoms with Crippen molar-refractivity contribution in [1.29, 1.82) is 0 Å². The maximum atomic E-state index is 12.1. The molecular weight excluding hydrogens is 337 g/mol. The lowest BCUT2D eigenvalue weighted by Crippen LogP contribution is -2.11. The number of hydrogen-bond acceptors (Lipinski definition) is 3. The highest BCUT2D eigenvalue weighted by Crippen LogP contribution is 2.29. The number of carbonyl (C=O) groups is 1. The van der Waals surface area contributed by atoms with Crippen LogP contribution in [0.25, 0.3) is 0 Å². The van der Waals surface area contributed by atoms with Crippen LogP contribution in [-0.4, -0.2) is 19.1 Å². The molecular formula is C14H20Cl2F2N2O2. The molecule has 0 saturated heterocycles. The molecule has 0 saturated carbocycles. The first-order chi connectivity index (χ1) is 10.0. The Morgan fingerprint density at radius 3 is 2.55 bits per heavy atom. The van der Waals surface area contributed by atoms with Crippen LogP contribution < -0.4 is 15.8 Å². The normalized spacial score (nSPS) is 10.2. The summed E-state index contributed by atoms with van der Waals surface area (Å²) in [4.78, 5) is 11.7. The monoisotopic (exact) mass is 356 g/mol. The second-order valence-corrected chi connectivity index (χ2v) is 4.93. The van der Waals surface area contributed by atoms with Gasteiger partial charge in [-0.3, -0.25) is 4.79 Å². The lowest BCUT2D eigenvalue weighted by atomic mass is 10.1. The minimum atomic E-state index is -2.93. The summed E-state index contributed by atoms with van der Waals surface area (Å²) in [5.74, 6) is -0.257. The first-order valence-electron chi connectivity index (χ1n) is 6.77. The molecule has 0 bridgehead atoms. The first-order valence-corrected chi connectivity index (χ1v) is 7.15. The van der Waals surface area contributed by atoms with Crippen molar-refractivity contribution in [1.82, 2.24) is 0 Å². The molecule has 0 radical (unpaired) electrons. The molecule has 22 heavy (non-hydrogen) atoms. The highest BCUT2D eigenvalue weighted by atomic mass is 35.5. The number of nitrogens with one attached hydrogen (secondary N) is 1. The van der Waals surface area contributed by atoms with Gasteiger partial charge < -0.3 is 15.8 Å². The van der Waals surface area contributed by atoms with Crippen LogP contribution >= 0.6 is 24.0 Å². The average Bonchev–Trinajstić information content (AvgIpc) is 2.41. The third kappa shape index (κ3) is 8.36. The Kier molecular flexibility index (Phi) is 10.9. The third-order valence-electron chi connectivity index (χ3n) is 2.79. The number of benzene rings is 1. The standard InChI is InChI=1S/C14H19ClF2N2O2.ClH/c15-11-9-10(6-7-12(11)21-14(16)17)19-13(20)5-3-1-2-4-8-18;/h6-7,9,14H,1-5,8,18H2,(H,19,20);1H. The van der Waals surface area contributed by atoms with E-state index in [2.05, 4.69) is 10.1 Å². The van der Waals surface area contributed by atoms with Crippen LogP contribution in [0.3, 0.4) is 0 Å². The minimum absolute atomic E-state index is 0. The van der Waals surface area contributed by atoms with Gasteiger partial charge in [0, 0.05) is 12.1 Å². The van der Waals surface area contributed by atoms with Crippen LogP contribution in [-0.2, 0) is 4.79 Å². The fourth-order valence-corrected chi connectivity index (χ4v) is 2.00. The quantitative estimate of drug-likeness (QED) is 0.651. The molecule has 0 aliphatic heterocycles. The number of carbonyl (C=O) groups excluding carboxylic acids is 1. The molecule has 126 valence electrons. The molecule has 0 fully saturated rings. The zero-order valence-corrected chi connectivity index (χ0v) is 13.6. The molecule has 1 aromatic rings. The Morgan fingerprint density at radius 2 is 1.95 bits per heavy atom. The van der Waals surface area contributed by atoms with Crippen molar-refractivity contribution in [2.45, 2.75) is 38.7 Å². The number of nitrogens with two attached hydrogens (primary N) is 1. The first kappa shape index (κ1) is 20.9. The summed E-state index contributed by atoms with van der Waals surface area (Å²) in [5, 5.41) is 2.69. The predicted molar refractivity (Wildman–Crippen MR) is 86.1 cm³/mol. The van der Waals surface area contributed by atoms with E-state index < -0.39 is 6.61 Å². The molecule has 1 rings (SSSR count). The number of alkyl halides is 2. The molecule has 0 aromatic heterocycles. The molecule has 0 aliphatic rings. The highest BCUT2D eigenvalue weighted by Gasteiger charge is 2.10. The van der Waals surface area contributed by atoms with E-state index in [9.17, 15) is 13.6 Å². The zero-order valence-electron chi connectivity index (χ0n) is 12.0. The van der Waals surface area contributed by atoms with Crippen LogP contribution in [0, 0.1) is 0 Å². The van der Waals surface area contributed by atoms with E-state index in [0.717, 1.165) is 25.7 Å². The largest absolute Gasteiger partial charge is 0.433 e. The number of amides is 1. The SMILES string of the molecule is Cl.NCCCCCCC(=O)Nc1ccc(OC(F)F)c(Cl)c1. The second kappa shape index (κ2) is 11.5. The molecule has 0 heterocycles. The summed E-state index contributed by atoms with van der Waals surface area (Å²) in [7, 11) is 0. The van der Waals surface area contributed by atoms with Crippen molar-refractivity contribution in [2.75, 3.05) is 11.9 Å². The van der Waals surface area contributed by atoms with Crippen molar-refractivity contribution in [3.8, 4) is 5.75 Å². The van der Waals surface area contributed by atoms with Gasteiger partial charge in [0.2, 0.25) is 5.91 Å². The van der Waals surface area contributed by atoms with Crippen molar-refractivity contribution in [2.24, 2.45) is 5.73 Å². The third-order valence-corrected chi connectivity index (χ3v) is 3.09. The van der Waals surface area contributed by atoms with Gasteiger partial charge in [0.15, 0.2) is 0 Å². The molecule has 0 spiro atoms. The fraction of sp³-hybridized carbons (Fsp3) is 0.500. The average molecular weight is 357 g/mol. The molecule has 3 N–H and O–H groups in total. The lowest BCUT2D eigenvalue weighted by molar-refractivity contribution is -0.116. The van der Waals surface area contributed by atoms with Crippen LogP contribution in [0.15, 0.2) is 18.2 Å². The van der Waals surface area contributed by atoms with E-state index in [0.29, 0.717) is 18.7 Å². The van der Waals surface area contributed by atoms with Crippen LogP contribution in [0.2, 0.25) is 5.02 Å². The minimum Gasteiger partial charge on any atom is -0.433 e. The Hall–Kier alpha value is -1.11. The van der Waals surface area contributed by atoms with Gasteiger partial charge in [-0.15, -0.1) is 12.4 Å². The van der Waals surface area contributed by atoms with Gasteiger partial charge in [-0.05, 0) is 37.6 Å². The summed E-state index contributed by atoms with van der Waals surface area (Å²) in [6.07, 6.45) is 4.11. The predicted octanol–water partition coefficient (Wildman–Crippen LogP) is 4.21. The lowest BCUT2D eigenvalue weighted by Gasteiger charge is -2.09. The van der Waals surface area contributed by atoms with Crippen molar-refractivity contribution in [3.63, 3.8) is 0 Å². The van der Waals surface area contributed by atoms with E-state index in [1.807, 2.05) is 0 Å². The Balaban J connectivity index is 0.00000441. The molecule has 1 amide bonds. The number of hydrogen-bond donors (Lipinski definition) is 2. The number of anilines is 1. The maximum absolute atomic E-state index is 12.1. The molecule has 0 atom stereocenters. The topological polar surface area (TPSA) is 64.4 Å². The van der Waals surface area contributed by atoms with Gasteiger partial charge >= 0.3 is 6.61 Å². The summed E-state index contributed by atoms with van der Waals surface area (Å²) in [6.45, 7) is -2.27. The number of ether oxygens (including phenoxy) is 1. The number of halogens is 4. The van der Waals surface area contributed by atoms with Crippen LogP contribution in [0.1, 0.15) is 32.1 Å². The van der Waals surface area contributed by atoms with Crippen LogP contribution in [0.4, 0.5) is 14.5 Å². The van der Waals surface area contributed by atoms with Gasteiger partial charge in [0.1, 0.15) is 5.75 Å². The Bertz CT molecular complexity index is 462. The Labute approximate surface area is 139 Å². The van der Waals surface area contributed by atoms with E-state index in [1.54, 1.807) is 0 Å². The maximum Gasteiger partial charge on any atom is 0.387 e. The highest BCUT2D eigenvalue weighted by molar-refractivity contribution is 6.32. The van der Waals surface area contributed by atoms with Gasteiger partial charge in [0.25, 0.3) is 0 Å². The molecule has 0 unspecified atom stereocenters. The van der Waals surface area contributed by atoms with Gasteiger partial charge in [-0.1, -0.05) is 24.4 Å². The van der Waals surface area contributed by atoms with Crippen LogP contribution in [0.5, 0.6) is 5.75 Å². The second-order valence-electron chi connectivity index (χ2n) is 4.52. The number of unbranched alkanes of at least 4 members (excludes halogenated alkanes) is 3.